The summed E-state index contributed by atoms with van der Waals surface area (Å²) in [7, 11) is -2.89. The lowest BCUT2D eigenvalue weighted by Crippen LogP contribution is -2.40. The predicted molar refractivity (Wildman–Crippen MR) is 63.6 cm³/mol. The van der Waals surface area contributed by atoms with Gasteiger partial charge in [0.05, 0.1) is 17.1 Å². The molecule has 1 amide bonds. The molecule has 1 fully saturated rings. The molecule has 1 aromatic rings. The van der Waals surface area contributed by atoms with Crippen LogP contribution in [0.4, 0.5) is 5.82 Å². The van der Waals surface area contributed by atoms with Crippen molar-refractivity contribution in [1.82, 2.24) is 4.98 Å². The second-order valence-electron chi connectivity index (χ2n) is 3.91. The van der Waals surface area contributed by atoms with E-state index in [1.807, 2.05) is 4.90 Å². The zero-order valence-electron chi connectivity index (χ0n) is 9.17. The summed E-state index contributed by atoms with van der Waals surface area (Å²) in [5.74, 6) is 0.438. The minimum absolute atomic E-state index is 0.145. The van der Waals surface area contributed by atoms with Gasteiger partial charge in [-0.15, -0.1) is 0 Å². The van der Waals surface area contributed by atoms with Gasteiger partial charge < -0.3 is 10.6 Å². The number of carbonyl (C=O) groups excluding carboxylic acids is 1. The largest absolute Gasteiger partial charge is 0.366 e. The molecule has 1 saturated heterocycles. The van der Waals surface area contributed by atoms with Gasteiger partial charge in [-0.1, -0.05) is 0 Å². The molecular weight excluding hydrogens is 242 g/mol. The number of nitrogens with zero attached hydrogens (tertiary/aromatic N) is 2. The Hall–Kier alpha value is -1.63. The smallest absolute Gasteiger partial charge is 0.250 e. The fraction of sp³-hybridized carbons (Fsp3) is 0.400. The molecule has 0 unspecified atom stereocenters. The summed E-state index contributed by atoms with van der Waals surface area (Å²) in [4.78, 5) is 16.8. The van der Waals surface area contributed by atoms with Gasteiger partial charge in [-0.05, 0) is 12.1 Å². The molecule has 1 aliphatic heterocycles. The van der Waals surface area contributed by atoms with E-state index in [2.05, 4.69) is 4.98 Å². The van der Waals surface area contributed by atoms with Crippen LogP contribution >= 0.6 is 0 Å². The summed E-state index contributed by atoms with van der Waals surface area (Å²) in [5, 5.41) is 0. The number of primary amides is 1. The van der Waals surface area contributed by atoms with Gasteiger partial charge in [0, 0.05) is 19.3 Å². The van der Waals surface area contributed by atoms with E-state index in [-0.39, 0.29) is 11.5 Å². The summed E-state index contributed by atoms with van der Waals surface area (Å²) >= 11 is 0. The summed E-state index contributed by atoms with van der Waals surface area (Å²) in [6, 6.07) is 3.27. The lowest BCUT2D eigenvalue weighted by atomic mass is 10.2. The number of sulfone groups is 1. The van der Waals surface area contributed by atoms with Crippen molar-refractivity contribution in [1.29, 1.82) is 0 Å². The Morgan fingerprint density at radius 3 is 2.41 bits per heavy atom. The number of amides is 1. The van der Waals surface area contributed by atoms with Crippen molar-refractivity contribution in [3.8, 4) is 0 Å². The van der Waals surface area contributed by atoms with Crippen molar-refractivity contribution in [3.63, 3.8) is 0 Å². The topological polar surface area (TPSA) is 93.4 Å². The first-order valence-electron chi connectivity index (χ1n) is 5.19. The summed E-state index contributed by atoms with van der Waals surface area (Å²) in [6.45, 7) is 0.872. The van der Waals surface area contributed by atoms with E-state index in [0.29, 0.717) is 24.5 Å². The second-order valence-corrected chi connectivity index (χ2v) is 6.21. The van der Waals surface area contributed by atoms with Crippen molar-refractivity contribution < 1.29 is 13.2 Å². The van der Waals surface area contributed by atoms with Crippen LogP contribution < -0.4 is 10.6 Å². The highest BCUT2D eigenvalue weighted by Crippen LogP contribution is 2.14. The van der Waals surface area contributed by atoms with E-state index >= 15 is 0 Å². The third-order valence-corrected chi connectivity index (χ3v) is 4.31. The van der Waals surface area contributed by atoms with Gasteiger partial charge in [0.1, 0.15) is 5.82 Å². The Balaban J connectivity index is 2.11. The van der Waals surface area contributed by atoms with Gasteiger partial charge in [-0.25, -0.2) is 13.4 Å². The van der Waals surface area contributed by atoms with Crippen LogP contribution in [0.1, 0.15) is 10.4 Å². The lowest BCUT2D eigenvalue weighted by molar-refractivity contribution is 0.1000. The molecule has 1 aliphatic rings. The fourth-order valence-electron chi connectivity index (χ4n) is 1.66. The monoisotopic (exact) mass is 255 g/mol. The molecule has 1 aromatic heterocycles. The van der Waals surface area contributed by atoms with Crippen molar-refractivity contribution in [2.24, 2.45) is 5.73 Å². The Morgan fingerprint density at radius 1 is 1.29 bits per heavy atom. The maximum atomic E-state index is 11.3. The van der Waals surface area contributed by atoms with Crippen LogP contribution in [0.2, 0.25) is 0 Å². The number of pyridine rings is 1. The van der Waals surface area contributed by atoms with Gasteiger partial charge in [0.15, 0.2) is 9.84 Å². The minimum Gasteiger partial charge on any atom is -0.366 e. The normalized spacial score (nSPS) is 18.9. The van der Waals surface area contributed by atoms with E-state index in [4.69, 9.17) is 5.73 Å². The number of carbonyl (C=O) groups is 1. The van der Waals surface area contributed by atoms with Crippen LogP contribution in [-0.4, -0.2) is 43.9 Å². The minimum atomic E-state index is -2.89. The molecule has 0 saturated carbocycles. The average Bonchev–Trinajstić information content (AvgIpc) is 2.29. The van der Waals surface area contributed by atoms with Crippen molar-refractivity contribution in [2.45, 2.75) is 0 Å². The number of aromatic nitrogens is 1. The van der Waals surface area contributed by atoms with E-state index in [1.165, 1.54) is 6.20 Å². The first-order valence-corrected chi connectivity index (χ1v) is 7.01. The Bertz CT molecular complexity index is 510. The van der Waals surface area contributed by atoms with Crippen LogP contribution in [0, 0.1) is 0 Å². The molecule has 0 atom stereocenters. The Labute approximate surface area is 99.4 Å². The quantitative estimate of drug-likeness (QED) is 0.762. The van der Waals surface area contributed by atoms with Gasteiger partial charge in [0.25, 0.3) is 0 Å². The lowest BCUT2D eigenvalue weighted by Gasteiger charge is -2.27. The first kappa shape index (κ1) is 11.8. The standard InChI is InChI=1S/C10H13N3O3S/c11-10(14)8-1-2-9(12-7-8)13-3-5-17(15,16)6-4-13/h1-2,7H,3-6H2,(H2,11,14). The fourth-order valence-corrected chi connectivity index (χ4v) is 2.86. The van der Waals surface area contributed by atoms with E-state index in [9.17, 15) is 13.2 Å². The van der Waals surface area contributed by atoms with Crippen LogP contribution in [0.25, 0.3) is 0 Å². The van der Waals surface area contributed by atoms with E-state index in [1.54, 1.807) is 12.1 Å². The highest BCUT2D eigenvalue weighted by Gasteiger charge is 2.22. The maximum Gasteiger partial charge on any atom is 0.250 e. The third-order valence-electron chi connectivity index (χ3n) is 2.70. The highest BCUT2D eigenvalue weighted by molar-refractivity contribution is 7.91. The molecule has 0 aliphatic carbocycles. The number of hydrogen-bond donors (Lipinski definition) is 1. The van der Waals surface area contributed by atoms with Gasteiger partial charge in [-0.3, -0.25) is 4.79 Å². The molecule has 2 rings (SSSR count). The molecular formula is C10H13N3O3S. The number of anilines is 1. The average molecular weight is 255 g/mol. The zero-order chi connectivity index (χ0) is 12.5. The van der Waals surface area contributed by atoms with E-state index in [0.717, 1.165) is 0 Å². The van der Waals surface area contributed by atoms with Gasteiger partial charge in [0.2, 0.25) is 5.91 Å². The maximum absolute atomic E-state index is 11.3. The van der Waals surface area contributed by atoms with Crippen LogP contribution in [-0.2, 0) is 9.84 Å². The molecule has 2 N–H and O–H groups in total. The molecule has 0 radical (unpaired) electrons. The van der Waals surface area contributed by atoms with Crippen molar-refractivity contribution in [3.05, 3.63) is 23.9 Å². The molecule has 6 nitrogen and oxygen atoms in total. The SMILES string of the molecule is NC(=O)c1ccc(N2CCS(=O)(=O)CC2)nc1. The van der Waals surface area contributed by atoms with Crippen molar-refractivity contribution >= 4 is 21.6 Å². The van der Waals surface area contributed by atoms with Gasteiger partial charge >= 0.3 is 0 Å². The number of rotatable bonds is 2. The second kappa shape index (κ2) is 4.33. The summed E-state index contributed by atoms with van der Waals surface area (Å²) < 4.78 is 22.5. The molecule has 0 spiro atoms. The first-order chi connectivity index (χ1) is 7.98. The number of hydrogen-bond acceptors (Lipinski definition) is 5. The molecule has 2 heterocycles. The summed E-state index contributed by atoms with van der Waals surface area (Å²) in [6.07, 6.45) is 1.40. The van der Waals surface area contributed by atoms with Crippen LogP contribution in [0.15, 0.2) is 18.3 Å². The van der Waals surface area contributed by atoms with E-state index < -0.39 is 15.7 Å². The number of nitrogens with two attached hydrogens (primary N) is 1. The molecule has 7 heteroatoms. The summed E-state index contributed by atoms with van der Waals surface area (Å²) in [5.41, 5.74) is 5.45. The van der Waals surface area contributed by atoms with Crippen LogP contribution in [0.3, 0.4) is 0 Å². The van der Waals surface area contributed by atoms with Crippen LogP contribution in [0.5, 0.6) is 0 Å². The highest BCUT2D eigenvalue weighted by atomic mass is 32.2. The third kappa shape index (κ3) is 2.73. The molecule has 17 heavy (non-hydrogen) atoms. The zero-order valence-corrected chi connectivity index (χ0v) is 9.98. The molecule has 0 bridgehead atoms. The predicted octanol–water partition coefficient (Wildman–Crippen LogP) is -0.585. The van der Waals surface area contributed by atoms with Gasteiger partial charge in [-0.2, -0.15) is 0 Å². The van der Waals surface area contributed by atoms with Crippen molar-refractivity contribution in [2.75, 3.05) is 29.5 Å². The Kier molecular flexibility index (Phi) is 3.01. The Morgan fingerprint density at radius 2 is 1.94 bits per heavy atom. The molecule has 92 valence electrons. The molecule has 0 aromatic carbocycles.